The summed E-state index contributed by atoms with van der Waals surface area (Å²) in [6.45, 7) is 5.54. The number of aryl methyl sites for hydroxylation is 2. The molecule has 0 saturated heterocycles. The predicted molar refractivity (Wildman–Crippen MR) is 141 cm³/mol. The highest BCUT2D eigenvalue weighted by atomic mass is 32.2. The Labute approximate surface area is 211 Å². The predicted octanol–water partition coefficient (Wildman–Crippen LogP) is 4.14. The summed E-state index contributed by atoms with van der Waals surface area (Å²) in [4.78, 5) is 16.9. The molecule has 0 aliphatic rings. The molecule has 2 heterocycles. The fourth-order valence-corrected chi connectivity index (χ4v) is 5.26. The van der Waals surface area contributed by atoms with Crippen molar-refractivity contribution in [3.8, 4) is 5.69 Å². The van der Waals surface area contributed by atoms with Crippen LogP contribution in [0.4, 0.5) is 5.82 Å². The van der Waals surface area contributed by atoms with Gasteiger partial charge in [-0.1, -0.05) is 42.0 Å². The van der Waals surface area contributed by atoms with E-state index < -0.39 is 22.5 Å². The highest BCUT2D eigenvalue weighted by Gasteiger charge is 2.27. The van der Waals surface area contributed by atoms with E-state index in [9.17, 15) is 13.2 Å². The van der Waals surface area contributed by atoms with Crippen molar-refractivity contribution < 1.29 is 13.2 Å². The van der Waals surface area contributed by atoms with Crippen LogP contribution in [0.5, 0.6) is 0 Å². The van der Waals surface area contributed by atoms with Crippen LogP contribution >= 0.6 is 0 Å². The van der Waals surface area contributed by atoms with Crippen molar-refractivity contribution in [2.24, 2.45) is 5.10 Å². The number of hydrogen-bond donors (Lipinski definition) is 1. The summed E-state index contributed by atoms with van der Waals surface area (Å²) < 4.78 is 29.6. The molecule has 1 N–H and O–H groups in total. The Bertz CT molecular complexity index is 1480. The maximum absolute atomic E-state index is 13.3. The molecule has 9 heteroatoms. The zero-order valence-electron chi connectivity index (χ0n) is 20.3. The van der Waals surface area contributed by atoms with E-state index in [1.807, 2.05) is 26.8 Å². The third-order valence-corrected chi connectivity index (χ3v) is 7.44. The van der Waals surface area contributed by atoms with Gasteiger partial charge in [-0.15, -0.1) is 0 Å². The first-order valence-corrected chi connectivity index (χ1v) is 12.8. The van der Waals surface area contributed by atoms with Gasteiger partial charge in [0.2, 0.25) is 0 Å². The molecule has 8 nitrogen and oxygen atoms in total. The van der Waals surface area contributed by atoms with Gasteiger partial charge in [-0.3, -0.25) is 4.79 Å². The molecule has 36 heavy (non-hydrogen) atoms. The molecular weight excluding hydrogens is 474 g/mol. The van der Waals surface area contributed by atoms with Gasteiger partial charge in [0.25, 0.3) is 15.9 Å². The van der Waals surface area contributed by atoms with Crippen LogP contribution in [0, 0.1) is 20.8 Å². The molecule has 2 aromatic carbocycles. The second-order valence-corrected chi connectivity index (χ2v) is 10.2. The zero-order chi connectivity index (χ0) is 25.7. The standard InChI is InChI=1S/C27H27N5O3S/c1-20-12-14-24(15-13-20)32-21(2)17-23(22(32)3)18-29-30-27(33)19-31(26-11-7-8-16-28-26)36(34,35)25-9-5-4-6-10-25/h4-18H,19H2,1-3H3,(H,30,33)/b29-18+. The normalized spacial score (nSPS) is 11.5. The van der Waals surface area contributed by atoms with Crippen LogP contribution in [-0.2, 0) is 14.8 Å². The van der Waals surface area contributed by atoms with Gasteiger partial charge in [0.05, 0.1) is 11.1 Å². The summed E-state index contributed by atoms with van der Waals surface area (Å²) in [5.74, 6) is -0.453. The van der Waals surface area contributed by atoms with Crippen LogP contribution in [0.2, 0.25) is 0 Å². The third kappa shape index (κ3) is 5.36. The lowest BCUT2D eigenvalue weighted by molar-refractivity contribution is -0.119. The number of amides is 1. The molecule has 0 fully saturated rings. The molecule has 1 amide bonds. The Kier molecular flexibility index (Phi) is 7.30. The lowest BCUT2D eigenvalue weighted by Gasteiger charge is -2.22. The van der Waals surface area contributed by atoms with Crippen molar-refractivity contribution >= 4 is 28.0 Å². The van der Waals surface area contributed by atoms with Gasteiger partial charge in [0.15, 0.2) is 0 Å². The Morgan fingerprint density at radius 3 is 2.36 bits per heavy atom. The third-order valence-electron chi connectivity index (χ3n) is 5.68. The molecule has 4 rings (SSSR count). The maximum atomic E-state index is 13.3. The number of sulfonamides is 1. The number of carbonyl (C=O) groups is 1. The van der Waals surface area contributed by atoms with Crippen molar-refractivity contribution in [2.75, 3.05) is 10.8 Å². The first-order valence-electron chi connectivity index (χ1n) is 11.3. The van der Waals surface area contributed by atoms with Gasteiger partial charge in [0, 0.05) is 28.8 Å². The van der Waals surface area contributed by atoms with Crippen LogP contribution < -0.4 is 9.73 Å². The number of benzene rings is 2. The van der Waals surface area contributed by atoms with Crippen LogP contribution in [0.3, 0.4) is 0 Å². The quantitative estimate of drug-likeness (QED) is 0.290. The van der Waals surface area contributed by atoms with Crippen LogP contribution in [0.1, 0.15) is 22.5 Å². The molecule has 184 valence electrons. The number of anilines is 1. The van der Waals surface area contributed by atoms with E-state index in [0.717, 1.165) is 26.9 Å². The Balaban J connectivity index is 1.52. The van der Waals surface area contributed by atoms with E-state index in [1.54, 1.807) is 36.5 Å². The lowest BCUT2D eigenvalue weighted by Crippen LogP contribution is -2.40. The maximum Gasteiger partial charge on any atom is 0.265 e. The number of hydrazone groups is 1. The molecule has 2 aromatic heterocycles. The van der Waals surface area contributed by atoms with E-state index in [1.165, 1.54) is 30.0 Å². The molecule has 0 aliphatic heterocycles. The first-order chi connectivity index (χ1) is 17.3. The van der Waals surface area contributed by atoms with Crippen LogP contribution in [-0.4, -0.2) is 36.6 Å². The first kappa shape index (κ1) is 24.9. The van der Waals surface area contributed by atoms with E-state index >= 15 is 0 Å². The second kappa shape index (κ2) is 10.6. The van der Waals surface area contributed by atoms with Crippen molar-refractivity contribution in [2.45, 2.75) is 25.7 Å². The molecule has 0 unspecified atom stereocenters. The summed E-state index contributed by atoms with van der Waals surface area (Å²) in [5, 5.41) is 4.09. The molecule has 4 aromatic rings. The van der Waals surface area contributed by atoms with Gasteiger partial charge >= 0.3 is 0 Å². The second-order valence-electron chi connectivity index (χ2n) is 8.30. The Morgan fingerprint density at radius 2 is 1.69 bits per heavy atom. The number of hydrogen-bond acceptors (Lipinski definition) is 5. The highest BCUT2D eigenvalue weighted by Crippen LogP contribution is 2.22. The minimum absolute atomic E-state index is 0.0653. The fraction of sp³-hybridized carbons (Fsp3) is 0.148. The van der Waals surface area contributed by atoms with Crippen molar-refractivity contribution in [3.63, 3.8) is 0 Å². The number of carbonyl (C=O) groups excluding carboxylic acids is 1. The van der Waals surface area contributed by atoms with E-state index in [0.29, 0.717) is 0 Å². The Morgan fingerprint density at radius 1 is 1.00 bits per heavy atom. The monoisotopic (exact) mass is 501 g/mol. The molecule has 0 radical (unpaired) electrons. The minimum Gasteiger partial charge on any atom is -0.318 e. The summed E-state index contributed by atoms with van der Waals surface area (Å²) in [5.41, 5.74) is 7.50. The van der Waals surface area contributed by atoms with Gasteiger partial charge in [-0.25, -0.2) is 23.1 Å². The summed E-state index contributed by atoms with van der Waals surface area (Å²) in [6, 6.07) is 23.0. The molecule has 0 aliphatic carbocycles. The number of nitrogens with one attached hydrogen (secondary N) is 1. The fourth-order valence-electron chi connectivity index (χ4n) is 3.86. The minimum atomic E-state index is -4.01. The molecule has 0 spiro atoms. The lowest BCUT2D eigenvalue weighted by atomic mass is 10.2. The van der Waals surface area contributed by atoms with E-state index in [-0.39, 0.29) is 10.7 Å². The van der Waals surface area contributed by atoms with Crippen LogP contribution in [0.15, 0.2) is 95.1 Å². The van der Waals surface area contributed by atoms with Crippen molar-refractivity contribution in [1.82, 2.24) is 15.0 Å². The van der Waals surface area contributed by atoms with Crippen molar-refractivity contribution in [3.05, 3.63) is 108 Å². The number of pyridine rings is 1. The topological polar surface area (TPSA) is 96.7 Å². The number of rotatable bonds is 8. The molecular formula is C27H27N5O3S. The van der Waals surface area contributed by atoms with Crippen LogP contribution in [0.25, 0.3) is 5.69 Å². The van der Waals surface area contributed by atoms with Gasteiger partial charge in [0.1, 0.15) is 12.4 Å². The van der Waals surface area contributed by atoms with Gasteiger partial charge in [-0.05, 0) is 63.2 Å². The number of aromatic nitrogens is 2. The SMILES string of the molecule is Cc1ccc(-n2c(C)cc(/C=N/NC(=O)CN(c3ccccn3)S(=O)(=O)c3ccccc3)c2C)cc1. The summed E-state index contributed by atoms with van der Waals surface area (Å²) in [6.07, 6.45) is 3.03. The van der Waals surface area contributed by atoms with E-state index in [2.05, 4.69) is 44.3 Å². The summed E-state index contributed by atoms with van der Waals surface area (Å²) in [7, 11) is -4.01. The largest absolute Gasteiger partial charge is 0.318 e. The number of nitrogens with zero attached hydrogens (tertiary/aromatic N) is 4. The zero-order valence-corrected chi connectivity index (χ0v) is 21.1. The highest BCUT2D eigenvalue weighted by molar-refractivity contribution is 7.92. The average Bonchev–Trinajstić information content (AvgIpc) is 3.16. The van der Waals surface area contributed by atoms with Gasteiger partial charge < -0.3 is 4.57 Å². The average molecular weight is 502 g/mol. The smallest absolute Gasteiger partial charge is 0.265 e. The molecule has 0 atom stereocenters. The van der Waals surface area contributed by atoms with E-state index in [4.69, 9.17) is 0 Å². The molecule has 0 bridgehead atoms. The molecule has 0 saturated carbocycles. The Hall–Kier alpha value is -4.24. The van der Waals surface area contributed by atoms with Crippen molar-refractivity contribution in [1.29, 1.82) is 0 Å². The summed E-state index contributed by atoms with van der Waals surface area (Å²) >= 11 is 0. The van der Waals surface area contributed by atoms with Gasteiger partial charge in [-0.2, -0.15) is 5.10 Å².